The summed E-state index contributed by atoms with van der Waals surface area (Å²) in [5.41, 5.74) is 1.04. The van der Waals surface area contributed by atoms with Crippen LogP contribution >= 0.6 is 23.2 Å². The average Bonchev–Trinajstić information content (AvgIpc) is 2.65. The highest BCUT2D eigenvalue weighted by Gasteiger charge is 2.35. The lowest BCUT2D eigenvalue weighted by Crippen LogP contribution is -2.60. The van der Waals surface area contributed by atoms with Gasteiger partial charge in [0.25, 0.3) is 0 Å². The van der Waals surface area contributed by atoms with E-state index in [0.29, 0.717) is 29.2 Å². The minimum absolute atomic E-state index is 0.0672. The molecule has 0 aromatic heterocycles. The molecule has 3 fully saturated rings. The second kappa shape index (κ2) is 9.29. The van der Waals surface area contributed by atoms with Crippen molar-refractivity contribution in [3.8, 4) is 0 Å². The Labute approximate surface area is 183 Å². The smallest absolute Gasteiger partial charge is 0.317 e. The van der Waals surface area contributed by atoms with E-state index in [-0.39, 0.29) is 12.1 Å². The first-order valence-electron chi connectivity index (χ1n) is 10.5. The molecule has 2 amide bonds. The molecule has 3 aliphatic rings. The molecule has 0 spiro atoms. The molecule has 2 saturated heterocycles. The maximum absolute atomic E-state index is 12.1. The van der Waals surface area contributed by atoms with Gasteiger partial charge in [0.1, 0.15) is 0 Å². The number of nitrogens with one attached hydrogen (secondary N) is 1. The quantitative estimate of drug-likeness (QED) is 0.736. The number of nitrogens with zero attached hydrogens (tertiary/aromatic N) is 3. The van der Waals surface area contributed by atoms with Gasteiger partial charge in [-0.3, -0.25) is 4.90 Å². The number of anilines is 1. The van der Waals surface area contributed by atoms with Gasteiger partial charge in [-0.2, -0.15) is 0 Å². The molecule has 6 nitrogen and oxygen atoms in total. The molecule has 8 heteroatoms. The molecule has 1 aromatic rings. The molecule has 4 rings (SSSR count). The van der Waals surface area contributed by atoms with Gasteiger partial charge in [-0.1, -0.05) is 29.3 Å². The molecule has 1 saturated carbocycles. The number of halogens is 2. The van der Waals surface area contributed by atoms with Crippen molar-refractivity contribution in [3.63, 3.8) is 0 Å². The number of benzene rings is 1. The number of carbonyl (C=O) groups excluding carboxylic acids is 1. The normalized spacial score (nSPS) is 25.5. The van der Waals surface area contributed by atoms with Crippen molar-refractivity contribution >= 4 is 34.9 Å². The fraction of sp³-hybridized carbons (Fsp3) is 0.667. The summed E-state index contributed by atoms with van der Waals surface area (Å²) in [6.07, 6.45) is 3.63. The zero-order valence-corrected chi connectivity index (χ0v) is 18.5. The fourth-order valence-electron chi connectivity index (χ4n) is 4.42. The van der Waals surface area contributed by atoms with Crippen LogP contribution in [0.3, 0.4) is 0 Å². The van der Waals surface area contributed by atoms with Crippen LogP contribution in [0.1, 0.15) is 19.3 Å². The van der Waals surface area contributed by atoms with Crippen LogP contribution in [0.15, 0.2) is 18.2 Å². The molecular formula is C21H30Cl2N4O2. The van der Waals surface area contributed by atoms with E-state index in [1.807, 2.05) is 23.1 Å². The first-order chi connectivity index (χ1) is 14.0. The Bertz CT molecular complexity index is 715. The molecule has 2 aliphatic heterocycles. The lowest BCUT2D eigenvalue weighted by atomic mass is 9.78. The van der Waals surface area contributed by atoms with Gasteiger partial charge in [0.2, 0.25) is 0 Å². The highest BCUT2D eigenvalue weighted by Crippen LogP contribution is 2.33. The van der Waals surface area contributed by atoms with Crippen LogP contribution in [0.4, 0.5) is 10.5 Å². The van der Waals surface area contributed by atoms with Gasteiger partial charge in [-0.05, 0) is 43.9 Å². The predicted octanol–water partition coefficient (Wildman–Crippen LogP) is 3.32. The van der Waals surface area contributed by atoms with Crippen LogP contribution in [0, 0.1) is 5.92 Å². The molecule has 1 aliphatic carbocycles. The summed E-state index contributed by atoms with van der Waals surface area (Å²) in [6, 6.07) is 6.24. The summed E-state index contributed by atoms with van der Waals surface area (Å²) in [5, 5.41) is 4.42. The van der Waals surface area contributed by atoms with Crippen molar-refractivity contribution < 1.29 is 9.53 Å². The minimum Gasteiger partial charge on any atom is -0.378 e. The van der Waals surface area contributed by atoms with Crippen molar-refractivity contribution in [3.05, 3.63) is 28.2 Å². The van der Waals surface area contributed by atoms with Gasteiger partial charge >= 0.3 is 6.03 Å². The minimum atomic E-state index is 0.0672. The van der Waals surface area contributed by atoms with Crippen molar-refractivity contribution in [2.24, 2.45) is 5.92 Å². The van der Waals surface area contributed by atoms with E-state index in [2.05, 4.69) is 15.1 Å². The number of likely N-dealkylation sites (tertiary alicyclic amines) is 1. The molecule has 29 heavy (non-hydrogen) atoms. The average molecular weight is 441 g/mol. The zero-order chi connectivity index (χ0) is 20.4. The van der Waals surface area contributed by atoms with E-state index in [4.69, 9.17) is 27.9 Å². The van der Waals surface area contributed by atoms with Crippen molar-refractivity contribution in [2.45, 2.75) is 31.4 Å². The van der Waals surface area contributed by atoms with Crippen molar-refractivity contribution in [1.29, 1.82) is 0 Å². The zero-order valence-electron chi connectivity index (χ0n) is 16.9. The van der Waals surface area contributed by atoms with Gasteiger partial charge in [0.15, 0.2) is 0 Å². The van der Waals surface area contributed by atoms with Crippen LogP contribution in [0.25, 0.3) is 0 Å². The molecule has 0 radical (unpaired) electrons. The molecule has 2 heterocycles. The van der Waals surface area contributed by atoms with Gasteiger partial charge < -0.3 is 19.9 Å². The number of amides is 2. The van der Waals surface area contributed by atoms with Gasteiger partial charge in [0.05, 0.1) is 34.9 Å². The summed E-state index contributed by atoms with van der Waals surface area (Å²) in [6.45, 7) is 6.60. The number of hydrogen-bond acceptors (Lipinski definition) is 4. The summed E-state index contributed by atoms with van der Waals surface area (Å²) in [7, 11) is 1.70. The van der Waals surface area contributed by atoms with Crippen molar-refractivity contribution in [2.75, 3.05) is 57.8 Å². The summed E-state index contributed by atoms with van der Waals surface area (Å²) < 4.78 is 5.22. The van der Waals surface area contributed by atoms with E-state index in [1.165, 1.54) is 6.42 Å². The summed E-state index contributed by atoms with van der Waals surface area (Å²) >= 11 is 12.5. The fourth-order valence-corrected chi connectivity index (χ4v) is 4.84. The van der Waals surface area contributed by atoms with Crippen LogP contribution in [0.5, 0.6) is 0 Å². The molecule has 0 atom stereocenters. The third-order valence-corrected chi connectivity index (χ3v) is 7.34. The molecule has 0 unspecified atom stereocenters. The first kappa shape index (κ1) is 21.0. The Morgan fingerprint density at radius 2 is 1.90 bits per heavy atom. The maximum Gasteiger partial charge on any atom is 0.317 e. The maximum atomic E-state index is 12.1. The lowest BCUT2D eigenvalue weighted by molar-refractivity contribution is -0.00934. The molecule has 1 N–H and O–H groups in total. The molecule has 1 aromatic carbocycles. The Morgan fingerprint density at radius 1 is 1.17 bits per heavy atom. The van der Waals surface area contributed by atoms with Crippen molar-refractivity contribution in [1.82, 2.24) is 15.1 Å². The van der Waals surface area contributed by atoms with Gasteiger partial charge in [-0.25, -0.2) is 4.79 Å². The Hall–Kier alpha value is -1.21. The number of piperazine rings is 1. The Kier molecular flexibility index (Phi) is 6.74. The monoisotopic (exact) mass is 440 g/mol. The number of carbonyl (C=O) groups is 1. The second-order valence-electron chi connectivity index (χ2n) is 8.44. The molecule has 160 valence electrons. The van der Waals surface area contributed by atoms with Gasteiger partial charge in [0, 0.05) is 39.3 Å². The SMILES string of the molecule is COC1CN(C(=O)N[C@H]2C[C@H](CCN3CCN(c4cccc(Cl)c4Cl)CC3)C2)C1. The highest BCUT2D eigenvalue weighted by atomic mass is 35.5. The van der Waals surface area contributed by atoms with Crippen LogP contribution in [0.2, 0.25) is 10.0 Å². The lowest BCUT2D eigenvalue weighted by Gasteiger charge is -2.42. The Balaban J connectivity index is 1.11. The van der Waals surface area contributed by atoms with E-state index in [9.17, 15) is 4.79 Å². The number of hydrogen-bond donors (Lipinski definition) is 1. The van der Waals surface area contributed by atoms with Crippen LogP contribution in [-0.2, 0) is 4.74 Å². The standard InChI is InChI=1S/C21H30Cl2N4O2/c1-29-17-13-27(14-17)21(28)24-16-11-15(12-16)5-6-25-7-9-26(10-8-25)19-4-2-3-18(22)20(19)23/h2-4,15-17H,5-14H2,1H3,(H,24,28)/t15-,16-. The highest BCUT2D eigenvalue weighted by molar-refractivity contribution is 6.43. The van der Waals surface area contributed by atoms with Gasteiger partial charge in [-0.15, -0.1) is 0 Å². The number of urea groups is 1. The van der Waals surface area contributed by atoms with E-state index in [0.717, 1.165) is 57.2 Å². The first-order valence-corrected chi connectivity index (χ1v) is 11.3. The molecule has 0 bridgehead atoms. The second-order valence-corrected chi connectivity index (χ2v) is 9.22. The number of ether oxygens (including phenoxy) is 1. The topological polar surface area (TPSA) is 48.1 Å². The van der Waals surface area contributed by atoms with E-state index < -0.39 is 0 Å². The summed E-state index contributed by atoms with van der Waals surface area (Å²) in [5.74, 6) is 0.726. The third kappa shape index (κ3) is 4.93. The third-order valence-electron chi connectivity index (χ3n) is 6.53. The number of methoxy groups -OCH3 is 1. The summed E-state index contributed by atoms with van der Waals surface area (Å²) in [4.78, 5) is 18.8. The molecular weight excluding hydrogens is 411 g/mol. The van der Waals surface area contributed by atoms with Crippen LogP contribution < -0.4 is 10.2 Å². The number of rotatable bonds is 6. The van der Waals surface area contributed by atoms with E-state index in [1.54, 1.807) is 7.11 Å². The Morgan fingerprint density at radius 3 is 2.59 bits per heavy atom. The largest absolute Gasteiger partial charge is 0.378 e. The predicted molar refractivity (Wildman–Crippen MR) is 117 cm³/mol. The van der Waals surface area contributed by atoms with Crippen LogP contribution in [-0.4, -0.2) is 80.9 Å². The van der Waals surface area contributed by atoms with E-state index >= 15 is 0 Å².